The minimum Gasteiger partial charge on any atom is -0.456 e. The SMILES string of the molecule is c1ccc(-c2nc(-c3ccccc3)nc(-c3ccc(-c4ccc5c(c4)oc4cc6oc7cccc8c9ccccc9c(c45)c6c78)c4ccccc34)n2)cc1. The zero-order valence-electron chi connectivity index (χ0n) is 28.7. The lowest BCUT2D eigenvalue weighted by molar-refractivity contribution is 0.656. The molecule has 0 spiro atoms. The van der Waals surface area contributed by atoms with E-state index in [1.54, 1.807) is 0 Å². The summed E-state index contributed by atoms with van der Waals surface area (Å²) in [6.07, 6.45) is 0. The number of furan rings is 2. The first-order valence-corrected chi connectivity index (χ1v) is 18.1. The molecular formula is C49H27N3O2. The quantitative estimate of drug-likeness (QED) is 0.172. The number of nitrogens with zero attached hydrogens (tertiary/aromatic N) is 3. The third kappa shape index (κ3) is 4.18. The van der Waals surface area contributed by atoms with Gasteiger partial charge in [-0.2, -0.15) is 0 Å². The average molecular weight is 690 g/mol. The highest BCUT2D eigenvalue weighted by Crippen LogP contribution is 2.48. The second-order valence-corrected chi connectivity index (χ2v) is 13.9. The van der Waals surface area contributed by atoms with Crippen LogP contribution in [0.4, 0.5) is 0 Å². The van der Waals surface area contributed by atoms with Crippen molar-refractivity contribution in [3.63, 3.8) is 0 Å². The van der Waals surface area contributed by atoms with Crippen LogP contribution in [0.1, 0.15) is 0 Å². The fourth-order valence-electron chi connectivity index (χ4n) is 8.51. The number of hydrogen-bond donors (Lipinski definition) is 0. The Balaban J connectivity index is 1.06. The van der Waals surface area contributed by atoms with E-state index in [1.165, 1.54) is 26.9 Å². The van der Waals surface area contributed by atoms with Crippen LogP contribution in [0.3, 0.4) is 0 Å². The van der Waals surface area contributed by atoms with Gasteiger partial charge in [-0.05, 0) is 62.3 Å². The molecule has 0 N–H and O–H groups in total. The minimum absolute atomic E-state index is 0.632. The van der Waals surface area contributed by atoms with Crippen LogP contribution in [0.2, 0.25) is 0 Å². The van der Waals surface area contributed by atoms with Crippen molar-refractivity contribution in [2.24, 2.45) is 0 Å². The second-order valence-electron chi connectivity index (χ2n) is 13.9. The molecule has 0 fully saturated rings. The normalized spacial score (nSPS) is 12.1. The molecule has 0 aliphatic heterocycles. The monoisotopic (exact) mass is 689 g/mol. The number of hydrogen-bond acceptors (Lipinski definition) is 5. The van der Waals surface area contributed by atoms with Crippen LogP contribution in [-0.2, 0) is 0 Å². The molecule has 0 bridgehead atoms. The van der Waals surface area contributed by atoms with Crippen molar-refractivity contribution in [2.45, 2.75) is 0 Å². The van der Waals surface area contributed by atoms with E-state index < -0.39 is 0 Å². The molecule has 12 rings (SSSR count). The van der Waals surface area contributed by atoms with E-state index >= 15 is 0 Å². The van der Waals surface area contributed by atoms with Gasteiger partial charge in [0.05, 0.1) is 0 Å². The molecule has 0 unspecified atom stereocenters. The van der Waals surface area contributed by atoms with E-state index in [0.717, 1.165) is 77.1 Å². The third-order valence-electron chi connectivity index (χ3n) is 10.9. The highest BCUT2D eigenvalue weighted by Gasteiger charge is 2.23. The van der Waals surface area contributed by atoms with Crippen molar-refractivity contribution in [3.8, 4) is 45.3 Å². The average Bonchev–Trinajstić information content (AvgIpc) is 3.80. The maximum Gasteiger partial charge on any atom is 0.164 e. The molecule has 12 aromatic rings. The molecule has 0 radical (unpaired) electrons. The maximum atomic E-state index is 6.73. The van der Waals surface area contributed by atoms with Crippen molar-refractivity contribution >= 4 is 76.2 Å². The molecule has 9 aromatic carbocycles. The molecule has 0 atom stereocenters. The Morgan fingerprint density at radius 2 is 0.815 bits per heavy atom. The van der Waals surface area contributed by atoms with E-state index in [4.69, 9.17) is 23.8 Å². The Morgan fingerprint density at radius 1 is 0.278 bits per heavy atom. The van der Waals surface area contributed by atoms with Gasteiger partial charge in [0.25, 0.3) is 0 Å². The second kappa shape index (κ2) is 11.1. The molecule has 0 aliphatic carbocycles. The summed E-state index contributed by atoms with van der Waals surface area (Å²) >= 11 is 0. The summed E-state index contributed by atoms with van der Waals surface area (Å²) in [6, 6.07) is 56.6. The summed E-state index contributed by atoms with van der Waals surface area (Å²) in [7, 11) is 0. The van der Waals surface area contributed by atoms with Gasteiger partial charge in [-0.25, -0.2) is 15.0 Å². The van der Waals surface area contributed by atoms with Gasteiger partial charge in [0.1, 0.15) is 22.3 Å². The van der Waals surface area contributed by atoms with Crippen molar-refractivity contribution < 1.29 is 8.83 Å². The minimum atomic E-state index is 0.632. The largest absolute Gasteiger partial charge is 0.456 e. The molecule has 0 saturated carbocycles. The van der Waals surface area contributed by atoms with Gasteiger partial charge in [-0.3, -0.25) is 0 Å². The Kier molecular flexibility index (Phi) is 5.99. The van der Waals surface area contributed by atoms with Gasteiger partial charge >= 0.3 is 0 Å². The molecule has 54 heavy (non-hydrogen) atoms. The van der Waals surface area contributed by atoms with Crippen molar-refractivity contribution in [1.29, 1.82) is 0 Å². The van der Waals surface area contributed by atoms with Gasteiger partial charge in [0.2, 0.25) is 0 Å². The van der Waals surface area contributed by atoms with Crippen LogP contribution in [-0.4, -0.2) is 15.0 Å². The zero-order valence-corrected chi connectivity index (χ0v) is 28.7. The number of fused-ring (bicyclic) bond motifs is 8. The predicted octanol–water partition coefficient (Wildman–Crippen LogP) is 13.2. The van der Waals surface area contributed by atoms with Crippen LogP contribution in [0, 0.1) is 0 Å². The Labute approximate surface area is 308 Å². The summed E-state index contributed by atoms with van der Waals surface area (Å²) in [5, 5.41) is 11.5. The van der Waals surface area contributed by atoms with Crippen molar-refractivity contribution in [3.05, 3.63) is 164 Å². The number of aromatic nitrogens is 3. The molecule has 250 valence electrons. The Hall–Kier alpha value is -7.37. The van der Waals surface area contributed by atoms with Crippen molar-refractivity contribution in [1.82, 2.24) is 15.0 Å². The first-order chi connectivity index (χ1) is 26.8. The first kappa shape index (κ1) is 29.2. The van der Waals surface area contributed by atoms with Gasteiger partial charge in [-0.1, -0.05) is 133 Å². The molecule has 3 aromatic heterocycles. The standard InChI is InChI=1S/C49H27N3O2/c1-3-12-28(13-4-1)47-50-48(29-14-5-2-6-15-29)52-49(51-47)37-25-24-31(32-16-7-8-17-33(32)37)30-22-23-38-40(26-30)54-41-27-42-46-43-35(20-11-21-39(43)53-42)34-18-9-10-19-36(34)45(46)44(38)41/h1-27H. The topological polar surface area (TPSA) is 65.0 Å². The van der Waals surface area contributed by atoms with E-state index in [-0.39, 0.29) is 0 Å². The summed E-state index contributed by atoms with van der Waals surface area (Å²) in [6.45, 7) is 0. The molecule has 0 amide bonds. The van der Waals surface area contributed by atoms with E-state index in [1.807, 2.05) is 60.7 Å². The fourth-order valence-corrected chi connectivity index (χ4v) is 8.51. The molecule has 5 nitrogen and oxygen atoms in total. The van der Waals surface area contributed by atoms with Crippen LogP contribution in [0.25, 0.3) is 121 Å². The van der Waals surface area contributed by atoms with Gasteiger partial charge in [-0.15, -0.1) is 0 Å². The van der Waals surface area contributed by atoms with Crippen molar-refractivity contribution in [2.75, 3.05) is 0 Å². The first-order valence-electron chi connectivity index (χ1n) is 18.1. The Morgan fingerprint density at radius 3 is 1.56 bits per heavy atom. The summed E-state index contributed by atoms with van der Waals surface area (Å²) in [5.41, 5.74) is 8.41. The molecule has 0 aliphatic rings. The maximum absolute atomic E-state index is 6.73. The lowest BCUT2D eigenvalue weighted by Crippen LogP contribution is -2.00. The van der Waals surface area contributed by atoms with E-state index in [2.05, 4.69) is 103 Å². The van der Waals surface area contributed by atoms with E-state index in [9.17, 15) is 0 Å². The van der Waals surface area contributed by atoms with Crippen LogP contribution in [0.15, 0.2) is 173 Å². The number of benzene rings is 9. The highest BCUT2D eigenvalue weighted by molar-refractivity contribution is 6.40. The predicted molar refractivity (Wildman–Crippen MR) is 220 cm³/mol. The zero-order chi connectivity index (χ0) is 35.3. The number of rotatable bonds is 4. The summed E-state index contributed by atoms with van der Waals surface area (Å²) in [4.78, 5) is 15.0. The van der Waals surface area contributed by atoms with Gasteiger partial charge < -0.3 is 8.83 Å². The highest BCUT2D eigenvalue weighted by atomic mass is 16.3. The lowest BCUT2D eigenvalue weighted by atomic mass is 9.91. The third-order valence-corrected chi connectivity index (χ3v) is 10.9. The van der Waals surface area contributed by atoms with Gasteiger partial charge in [0.15, 0.2) is 17.5 Å². The van der Waals surface area contributed by atoms with Gasteiger partial charge in [0, 0.05) is 49.7 Å². The van der Waals surface area contributed by atoms with Crippen LogP contribution >= 0.6 is 0 Å². The summed E-state index contributed by atoms with van der Waals surface area (Å²) < 4.78 is 13.2. The Bertz CT molecular complexity index is 3380. The molecule has 3 heterocycles. The lowest BCUT2D eigenvalue weighted by Gasteiger charge is -2.13. The molecule has 5 heteroatoms. The van der Waals surface area contributed by atoms with E-state index in [0.29, 0.717) is 17.5 Å². The summed E-state index contributed by atoms with van der Waals surface area (Å²) in [5.74, 6) is 1.91. The molecular weight excluding hydrogens is 663 g/mol. The smallest absolute Gasteiger partial charge is 0.164 e. The molecule has 0 saturated heterocycles. The van der Waals surface area contributed by atoms with Crippen LogP contribution < -0.4 is 0 Å². The van der Waals surface area contributed by atoms with Crippen LogP contribution in [0.5, 0.6) is 0 Å². The fraction of sp³-hybridized carbons (Fsp3) is 0.